The maximum absolute atomic E-state index is 12.8. The topological polar surface area (TPSA) is 118 Å². The molecule has 3 rings (SSSR count). The second-order valence-electron chi connectivity index (χ2n) is 8.27. The third-order valence-corrected chi connectivity index (χ3v) is 6.10. The first-order valence-corrected chi connectivity index (χ1v) is 11.4. The Hall–Kier alpha value is -2.65. The molecule has 0 spiro atoms. The van der Waals surface area contributed by atoms with E-state index in [4.69, 9.17) is 11.6 Å². The molecule has 0 unspecified atom stereocenters. The number of likely N-dealkylation sites (N-methyl/N-ethyl adjacent to an activating group) is 1. The van der Waals surface area contributed by atoms with E-state index >= 15 is 0 Å². The number of aliphatic hydroxyl groups is 1. The van der Waals surface area contributed by atoms with E-state index in [1.807, 2.05) is 0 Å². The summed E-state index contributed by atoms with van der Waals surface area (Å²) >= 11 is 6.25. The predicted octanol–water partition coefficient (Wildman–Crippen LogP) is 1.95. The van der Waals surface area contributed by atoms with Crippen LogP contribution in [0.3, 0.4) is 0 Å². The quantitative estimate of drug-likeness (QED) is 0.542. The smallest absolute Gasteiger partial charge is 0.351 e. The summed E-state index contributed by atoms with van der Waals surface area (Å²) in [6.07, 6.45) is 5.35. The monoisotopic (exact) mass is 463 g/mol. The average molecular weight is 464 g/mol. The Bertz CT molecular complexity index is 1040. The van der Waals surface area contributed by atoms with Crippen molar-refractivity contribution in [3.05, 3.63) is 45.1 Å². The predicted molar refractivity (Wildman–Crippen MR) is 121 cm³/mol. The standard InChI is InChI=1S/C22H30ClN5O4/c1-3-24-19(29)13-27-15(2)26-28(21(27)31)16-8-9-18(23)17(12-16)20(30)25-14-22(32)10-6-4-5-7-11-22/h8-9,12,32H,3-7,10-11,13-14H2,1-2H3,(H,24,29)(H,25,30). The van der Waals surface area contributed by atoms with Gasteiger partial charge in [0.2, 0.25) is 5.91 Å². The molecule has 0 aliphatic heterocycles. The van der Waals surface area contributed by atoms with Crippen LogP contribution in [0.4, 0.5) is 0 Å². The lowest BCUT2D eigenvalue weighted by molar-refractivity contribution is -0.121. The average Bonchev–Trinajstić information content (AvgIpc) is 2.91. The summed E-state index contributed by atoms with van der Waals surface area (Å²) in [7, 11) is 0. The van der Waals surface area contributed by atoms with Crippen LogP contribution in [0.2, 0.25) is 5.02 Å². The highest BCUT2D eigenvalue weighted by Gasteiger charge is 2.29. The Kier molecular flexibility index (Phi) is 7.73. The molecule has 1 aliphatic carbocycles. The Morgan fingerprint density at radius 1 is 1.19 bits per heavy atom. The molecule has 2 aromatic rings. The van der Waals surface area contributed by atoms with Crippen molar-refractivity contribution in [1.29, 1.82) is 0 Å². The fourth-order valence-corrected chi connectivity index (χ4v) is 4.17. The molecule has 1 saturated carbocycles. The van der Waals surface area contributed by atoms with Crippen LogP contribution in [0, 0.1) is 6.92 Å². The largest absolute Gasteiger partial charge is 0.388 e. The van der Waals surface area contributed by atoms with Crippen molar-refractivity contribution in [1.82, 2.24) is 25.0 Å². The van der Waals surface area contributed by atoms with E-state index in [9.17, 15) is 19.5 Å². The summed E-state index contributed by atoms with van der Waals surface area (Å²) in [5.41, 5.74) is -0.864. The number of aryl methyl sites for hydroxylation is 1. The van der Waals surface area contributed by atoms with E-state index in [1.54, 1.807) is 19.9 Å². The normalized spacial score (nSPS) is 15.8. The van der Waals surface area contributed by atoms with Gasteiger partial charge in [0.25, 0.3) is 5.91 Å². The maximum Gasteiger partial charge on any atom is 0.351 e. The zero-order chi connectivity index (χ0) is 23.3. The lowest BCUT2D eigenvalue weighted by atomic mass is 9.94. The number of nitrogens with one attached hydrogen (secondary N) is 2. The van der Waals surface area contributed by atoms with Gasteiger partial charge in [-0.25, -0.2) is 4.79 Å². The van der Waals surface area contributed by atoms with Crippen LogP contribution in [0.1, 0.15) is 61.6 Å². The second kappa shape index (κ2) is 10.3. The van der Waals surface area contributed by atoms with Gasteiger partial charge in [-0.05, 0) is 44.9 Å². The van der Waals surface area contributed by atoms with Gasteiger partial charge in [-0.15, -0.1) is 0 Å². The van der Waals surface area contributed by atoms with Crippen molar-refractivity contribution in [2.45, 2.75) is 64.5 Å². The van der Waals surface area contributed by atoms with Gasteiger partial charge in [-0.2, -0.15) is 9.78 Å². The number of carbonyl (C=O) groups excluding carboxylic acids is 2. The molecule has 1 aliphatic rings. The molecular formula is C22H30ClN5O4. The van der Waals surface area contributed by atoms with Crippen LogP contribution >= 0.6 is 11.6 Å². The molecule has 1 fully saturated rings. The Labute approximate surface area is 191 Å². The van der Waals surface area contributed by atoms with Crippen LogP contribution in [0.5, 0.6) is 0 Å². The number of nitrogens with zero attached hydrogens (tertiary/aromatic N) is 3. The van der Waals surface area contributed by atoms with Crippen molar-refractivity contribution >= 4 is 23.4 Å². The number of benzene rings is 1. The van der Waals surface area contributed by atoms with Crippen LogP contribution in [-0.2, 0) is 11.3 Å². The Morgan fingerprint density at radius 3 is 2.53 bits per heavy atom. The fraction of sp³-hybridized carbons (Fsp3) is 0.545. The minimum atomic E-state index is -0.915. The van der Waals surface area contributed by atoms with Crippen molar-refractivity contribution in [2.24, 2.45) is 0 Å². The van der Waals surface area contributed by atoms with Gasteiger partial charge in [-0.3, -0.25) is 14.2 Å². The number of aromatic nitrogens is 3. The highest BCUT2D eigenvalue weighted by atomic mass is 35.5. The highest BCUT2D eigenvalue weighted by Crippen LogP contribution is 2.27. The van der Waals surface area contributed by atoms with E-state index in [1.165, 1.54) is 16.7 Å². The van der Waals surface area contributed by atoms with Crippen LogP contribution in [0.25, 0.3) is 5.69 Å². The van der Waals surface area contributed by atoms with Gasteiger partial charge in [0.1, 0.15) is 12.4 Å². The van der Waals surface area contributed by atoms with Gasteiger partial charge in [0.05, 0.1) is 21.9 Å². The number of rotatable bonds is 7. The van der Waals surface area contributed by atoms with E-state index in [-0.39, 0.29) is 29.6 Å². The minimum Gasteiger partial charge on any atom is -0.388 e. The Balaban J connectivity index is 1.80. The molecule has 1 heterocycles. The van der Waals surface area contributed by atoms with Crippen molar-refractivity contribution in [3.8, 4) is 5.69 Å². The van der Waals surface area contributed by atoms with E-state index in [0.717, 1.165) is 30.4 Å². The SMILES string of the molecule is CCNC(=O)Cn1c(C)nn(-c2ccc(Cl)c(C(=O)NCC3(O)CCCCCC3)c2)c1=O. The number of halogens is 1. The first-order valence-electron chi connectivity index (χ1n) is 11.0. The zero-order valence-electron chi connectivity index (χ0n) is 18.5. The molecule has 1 aromatic carbocycles. The van der Waals surface area contributed by atoms with Gasteiger partial charge in [0, 0.05) is 13.1 Å². The Morgan fingerprint density at radius 2 is 1.88 bits per heavy atom. The summed E-state index contributed by atoms with van der Waals surface area (Å²) in [4.78, 5) is 37.5. The molecule has 174 valence electrons. The van der Waals surface area contributed by atoms with Gasteiger partial charge >= 0.3 is 5.69 Å². The highest BCUT2D eigenvalue weighted by molar-refractivity contribution is 6.33. The third-order valence-electron chi connectivity index (χ3n) is 5.77. The van der Waals surface area contributed by atoms with Gasteiger partial charge in [-0.1, -0.05) is 37.3 Å². The van der Waals surface area contributed by atoms with E-state index < -0.39 is 17.2 Å². The summed E-state index contributed by atoms with van der Waals surface area (Å²) in [6, 6.07) is 4.60. The number of carbonyl (C=O) groups is 2. The number of amides is 2. The van der Waals surface area contributed by atoms with Gasteiger partial charge < -0.3 is 15.7 Å². The third kappa shape index (κ3) is 5.58. The van der Waals surface area contributed by atoms with Crippen molar-refractivity contribution in [3.63, 3.8) is 0 Å². The summed E-state index contributed by atoms with van der Waals surface area (Å²) in [5, 5.41) is 20.7. The van der Waals surface area contributed by atoms with E-state index in [2.05, 4.69) is 15.7 Å². The van der Waals surface area contributed by atoms with Gasteiger partial charge in [0.15, 0.2) is 0 Å². The lowest BCUT2D eigenvalue weighted by Gasteiger charge is -2.26. The molecule has 3 N–H and O–H groups in total. The minimum absolute atomic E-state index is 0.141. The molecule has 0 atom stereocenters. The lowest BCUT2D eigenvalue weighted by Crippen LogP contribution is -2.42. The molecule has 0 radical (unpaired) electrons. The molecule has 0 bridgehead atoms. The summed E-state index contributed by atoms with van der Waals surface area (Å²) in [6.45, 7) is 3.90. The number of hydrogen-bond acceptors (Lipinski definition) is 5. The van der Waals surface area contributed by atoms with E-state index in [0.29, 0.717) is 30.9 Å². The molecule has 2 amide bonds. The summed E-state index contributed by atoms with van der Waals surface area (Å²) in [5.74, 6) is -0.344. The zero-order valence-corrected chi connectivity index (χ0v) is 19.2. The molecule has 9 nitrogen and oxygen atoms in total. The van der Waals surface area contributed by atoms with Crippen LogP contribution < -0.4 is 16.3 Å². The van der Waals surface area contributed by atoms with Crippen molar-refractivity contribution < 1.29 is 14.7 Å². The second-order valence-corrected chi connectivity index (χ2v) is 8.67. The molecule has 10 heteroatoms. The molecular weight excluding hydrogens is 434 g/mol. The van der Waals surface area contributed by atoms with Crippen LogP contribution in [0.15, 0.2) is 23.0 Å². The molecule has 32 heavy (non-hydrogen) atoms. The fourth-order valence-electron chi connectivity index (χ4n) is 3.96. The molecule has 0 saturated heterocycles. The summed E-state index contributed by atoms with van der Waals surface area (Å²) < 4.78 is 2.40. The van der Waals surface area contributed by atoms with Crippen LogP contribution in [-0.4, -0.2) is 50.0 Å². The van der Waals surface area contributed by atoms with Crippen molar-refractivity contribution in [2.75, 3.05) is 13.1 Å². The first kappa shape index (κ1) is 24.0. The maximum atomic E-state index is 12.8. The number of hydrogen-bond donors (Lipinski definition) is 3. The molecule has 1 aromatic heterocycles. The first-order chi connectivity index (χ1) is 15.2.